The standard InChI is InChI=1S/C17H26N2O/c18-10-4-11-19(15-6-3-7-15)13-17-16-8-2-1-5-14(16)9-12-20-17/h1-2,5,8,15,17H,3-4,6-7,9-13,18H2. The Hall–Kier alpha value is -0.900. The lowest BCUT2D eigenvalue weighted by atomic mass is 9.90. The fourth-order valence-corrected chi connectivity index (χ4v) is 3.31. The highest BCUT2D eigenvalue weighted by Crippen LogP contribution is 2.31. The van der Waals surface area contributed by atoms with Gasteiger partial charge in [0.05, 0.1) is 12.7 Å². The predicted octanol–water partition coefficient (Wildman–Crippen LogP) is 2.50. The molecule has 2 N–H and O–H groups in total. The number of benzene rings is 1. The zero-order valence-electron chi connectivity index (χ0n) is 12.3. The van der Waals surface area contributed by atoms with Gasteiger partial charge in [0, 0.05) is 12.6 Å². The molecule has 1 unspecified atom stereocenters. The molecule has 1 saturated carbocycles. The molecule has 0 radical (unpaired) electrons. The van der Waals surface area contributed by atoms with Crippen molar-refractivity contribution in [3.63, 3.8) is 0 Å². The normalized spacial score (nSPS) is 22.6. The average Bonchev–Trinajstić information content (AvgIpc) is 2.43. The van der Waals surface area contributed by atoms with E-state index in [9.17, 15) is 0 Å². The zero-order chi connectivity index (χ0) is 13.8. The second kappa shape index (κ2) is 6.70. The number of nitrogens with two attached hydrogens (primary N) is 1. The number of hydrogen-bond acceptors (Lipinski definition) is 3. The van der Waals surface area contributed by atoms with Gasteiger partial charge < -0.3 is 10.5 Å². The van der Waals surface area contributed by atoms with Gasteiger partial charge in [0.25, 0.3) is 0 Å². The Kier molecular flexibility index (Phi) is 4.71. The van der Waals surface area contributed by atoms with Crippen molar-refractivity contribution in [2.45, 2.75) is 44.2 Å². The van der Waals surface area contributed by atoms with Crippen LogP contribution < -0.4 is 5.73 Å². The Morgan fingerprint density at radius 1 is 1.25 bits per heavy atom. The van der Waals surface area contributed by atoms with E-state index in [1.165, 1.54) is 30.4 Å². The first-order valence-corrected chi connectivity index (χ1v) is 8.02. The molecule has 1 aliphatic heterocycles. The minimum absolute atomic E-state index is 0.248. The lowest BCUT2D eigenvalue weighted by molar-refractivity contribution is -0.00466. The number of fused-ring (bicyclic) bond motifs is 1. The van der Waals surface area contributed by atoms with Crippen LogP contribution in [-0.2, 0) is 11.2 Å². The maximum absolute atomic E-state index is 6.06. The molecule has 0 saturated heterocycles. The van der Waals surface area contributed by atoms with Gasteiger partial charge in [-0.05, 0) is 49.9 Å². The molecule has 3 nitrogen and oxygen atoms in total. The number of hydrogen-bond donors (Lipinski definition) is 1. The summed E-state index contributed by atoms with van der Waals surface area (Å²) in [4.78, 5) is 2.61. The van der Waals surface area contributed by atoms with E-state index in [0.717, 1.165) is 45.1 Å². The van der Waals surface area contributed by atoms with E-state index in [1.54, 1.807) is 0 Å². The van der Waals surface area contributed by atoms with Crippen molar-refractivity contribution in [3.8, 4) is 0 Å². The van der Waals surface area contributed by atoms with E-state index in [1.807, 2.05) is 0 Å². The summed E-state index contributed by atoms with van der Waals surface area (Å²) in [7, 11) is 0. The molecule has 0 bridgehead atoms. The van der Waals surface area contributed by atoms with Gasteiger partial charge in [-0.25, -0.2) is 0 Å². The summed E-state index contributed by atoms with van der Waals surface area (Å²) in [5.41, 5.74) is 8.56. The summed E-state index contributed by atoms with van der Waals surface area (Å²) in [6.45, 7) is 3.78. The fourth-order valence-electron chi connectivity index (χ4n) is 3.31. The van der Waals surface area contributed by atoms with Gasteiger partial charge in [-0.3, -0.25) is 4.90 Å². The highest BCUT2D eigenvalue weighted by molar-refractivity contribution is 5.31. The van der Waals surface area contributed by atoms with Crippen LogP contribution in [0.5, 0.6) is 0 Å². The monoisotopic (exact) mass is 274 g/mol. The Morgan fingerprint density at radius 3 is 2.85 bits per heavy atom. The maximum atomic E-state index is 6.06. The molecule has 20 heavy (non-hydrogen) atoms. The van der Waals surface area contributed by atoms with E-state index in [2.05, 4.69) is 29.2 Å². The Balaban J connectivity index is 1.68. The van der Waals surface area contributed by atoms with Crippen LogP contribution in [-0.4, -0.2) is 37.2 Å². The summed E-state index contributed by atoms with van der Waals surface area (Å²) < 4.78 is 6.06. The second-order valence-electron chi connectivity index (χ2n) is 6.03. The van der Waals surface area contributed by atoms with Crippen molar-refractivity contribution in [2.24, 2.45) is 5.73 Å². The van der Waals surface area contributed by atoms with Crippen LogP contribution >= 0.6 is 0 Å². The Labute approximate surface area is 122 Å². The molecule has 3 heteroatoms. The zero-order valence-corrected chi connectivity index (χ0v) is 12.3. The minimum Gasteiger partial charge on any atom is -0.372 e. The van der Waals surface area contributed by atoms with Crippen molar-refractivity contribution in [3.05, 3.63) is 35.4 Å². The molecule has 1 aromatic rings. The first-order valence-electron chi connectivity index (χ1n) is 8.02. The van der Waals surface area contributed by atoms with Crippen LogP contribution in [0.1, 0.15) is 42.9 Å². The van der Waals surface area contributed by atoms with Gasteiger partial charge in [0.2, 0.25) is 0 Å². The smallest absolute Gasteiger partial charge is 0.0954 e. The van der Waals surface area contributed by atoms with Gasteiger partial charge in [0.1, 0.15) is 0 Å². The summed E-state index contributed by atoms with van der Waals surface area (Å²) in [6.07, 6.45) is 6.46. The Bertz CT molecular complexity index is 431. The van der Waals surface area contributed by atoms with Crippen LogP contribution in [0.3, 0.4) is 0 Å². The van der Waals surface area contributed by atoms with Gasteiger partial charge in [0.15, 0.2) is 0 Å². The van der Waals surface area contributed by atoms with Crippen molar-refractivity contribution in [1.82, 2.24) is 4.90 Å². The summed E-state index contributed by atoms with van der Waals surface area (Å²) in [5, 5.41) is 0. The summed E-state index contributed by atoms with van der Waals surface area (Å²) in [6, 6.07) is 9.52. The first-order chi connectivity index (χ1) is 9.88. The Morgan fingerprint density at radius 2 is 2.10 bits per heavy atom. The first kappa shape index (κ1) is 14.1. The van der Waals surface area contributed by atoms with Gasteiger partial charge >= 0.3 is 0 Å². The molecule has 1 atom stereocenters. The van der Waals surface area contributed by atoms with Crippen molar-refractivity contribution >= 4 is 0 Å². The van der Waals surface area contributed by atoms with Crippen LogP contribution in [0.25, 0.3) is 0 Å². The van der Waals surface area contributed by atoms with Crippen LogP contribution in [0.2, 0.25) is 0 Å². The van der Waals surface area contributed by atoms with Crippen LogP contribution in [0, 0.1) is 0 Å². The fraction of sp³-hybridized carbons (Fsp3) is 0.647. The molecule has 1 heterocycles. The van der Waals surface area contributed by atoms with E-state index in [0.29, 0.717) is 0 Å². The van der Waals surface area contributed by atoms with Gasteiger partial charge in [-0.1, -0.05) is 30.7 Å². The lowest BCUT2D eigenvalue weighted by Crippen LogP contribution is -2.44. The molecule has 110 valence electrons. The van der Waals surface area contributed by atoms with Crippen LogP contribution in [0.15, 0.2) is 24.3 Å². The third kappa shape index (κ3) is 3.05. The molecular weight excluding hydrogens is 248 g/mol. The molecule has 0 amide bonds. The molecule has 1 aromatic carbocycles. The highest BCUT2D eigenvalue weighted by atomic mass is 16.5. The average molecular weight is 274 g/mol. The molecule has 1 fully saturated rings. The predicted molar refractivity (Wildman–Crippen MR) is 81.7 cm³/mol. The van der Waals surface area contributed by atoms with Crippen molar-refractivity contribution < 1.29 is 4.74 Å². The van der Waals surface area contributed by atoms with E-state index in [-0.39, 0.29) is 6.10 Å². The molecule has 3 rings (SSSR count). The number of rotatable bonds is 6. The SMILES string of the molecule is NCCCN(CC1OCCc2ccccc21)C1CCC1. The number of ether oxygens (including phenoxy) is 1. The van der Waals surface area contributed by atoms with Crippen molar-refractivity contribution in [1.29, 1.82) is 0 Å². The maximum Gasteiger partial charge on any atom is 0.0954 e. The van der Waals surface area contributed by atoms with Crippen molar-refractivity contribution in [2.75, 3.05) is 26.2 Å². The third-order valence-electron chi connectivity index (χ3n) is 4.73. The minimum atomic E-state index is 0.248. The van der Waals surface area contributed by atoms with E-state index < -0.39 is 0 Å². The number of nitrogens with zero attached hydrogens (tertiary/aromatic N) is 1. The highest BCUT2D eigenvalue weighted by Gasteiger charge is 2.29. The molecular formula is C17H26N2O. The topological polar surface area (TPSA) is 38.5 Å². The van der Waals surface area contributed by atoms with E-state index in [4.69, 9.17) is 10.5 Å². The quantitative estimate of drug-likeness (QED) is 0.866. The van der Waals surface area contributed by atoms with Crippen LogP contribution in [0.4, 0.5) is 0 Å². The molecule has 0 spiro atoms. The van der Waals surface area contributed by atoms with E-state index >= 15 is 0 Å². The lowest BCUT2D eigenvalue weighted by Gasteiger charge is -2.40. The van der Waals surface area contributed by atoms with Gasteiger partial charge in [-0.2, -0.15) is 0 Å². The molecule has 0 aromatic heterocycles. The van der Waals surface area contributed by atoms with Gasteiger partial charge in [-0.15, -0.1) is 0 Å². The second-order valence-corrected chi connectivity index (χ2v) is 6.03. The largest absolute Gasteiger partial charge is 0.372 e. The molecule has 1 aliphatic carbocycles. The summed E-state index contributed by atoms with van der Waals surface area (Å²) >= 11 is 0. The molecule has 2 aliphatic rings. The third-order valence-corrected chi connectivity index (χ3v) is 4.73. The summed E-state index contributed by atoms with van der Waals surface area (Å²) in [5.74, 6) is 0.